The Morgan fingerprint density at radius 1 is 0.465 bits per heavy atom. The van der Waals surface area contributed by atoms with Crippen LogP contribution in [0.1, 0.15) is 18.7 Å². The highest BCUT2D eigenvalue weighted by Crippen LogP contribution is 2.52. The molecule has 9 rings (SSSR count). The number of aromatic nitrogens is 9. The van der Waals surface area contributed by atoms with Crippen molar-refractivity contribution in [1.29, 1.82) is 0 Å². The van der Waals surface area contributed by atoms with Crippen LogP contribution in [0.4, 0.5) is 0 Å². The third-order valence-corrected chi connectivity index (χ3v) is 13.1. The molecule has 0 amide bonds. The van der Waals surface area contributed by atoms with Crippen LogP contribution < -0.4 is 33.7 Å². The van der Waals surface area contributed by atoms with Crippen LogP contribution in [0.5, 0.6) is 0 Å². The molecule has 29 heteroatoms. The van der Waals surface area contributed by atoms with Gasteiger partial charge in [-0.05, 0) is 36.4 Å². The van der Waals surface area contributed by atoms with Gasteiger partial charge < -0.3 is 44.8 Å². The summed E-state index contributed by atoms with van der Waals surface area (Å²) < 4.78 is 51.1. The fraction of sp³-hybridized carbons (Fsp3) is 0.357. The SMILES string of the molecule is O=c1[nH]c(=O)n([C@@H]2O[C@H](COP(=O)(OC[C@H]3O[C@@H](n4cc(-c5ccccn5)c(=O)[nH]c4=O)[C@H](O)[C@@H]3O)OC[C@H]3O[C@@H](n4cc(-c5ccccn5)c(=O)[nH]c4=O)[C@H](O)[C@@H]3O)[C@@H](O)[C@H]2O)cc1-c1ccccn1. The minimum absolute atomic E-state index is 0.105. The highest BCUT2D eigenvalue weighted by molar-refractivity contribution is 7.48. The summed E-state index contributed by atoms with van der Waals surface area (Å²) in [6, 6.07) is 13.9. The number of nitrogens with one attached hydrogen (secondary N) is 3. The lowest BCUT2D eigenvalue weighted by Crippen LogP contribution is -2.38. The maximum atomic E-state index is 14.6. The van der Waals surface area contributed by atoms with Crippen molar-refractivity contribution in [2.75, 3.05) is 19.8 Å². The van der Waals surface area contributed by atoms with Crippen LogP contribution in [0.2, 0.25) is 0 Å². The molecule has 0 unspecified atom stereocenters. The van der Waals surface area contributed by atoms with Crippen LogP contribution >= 0.6 is 7.82 Å². The molecule has 9 heterocycles. The normalized spacial score (nSPS) is 27.6. The molecule has 6 aromatic rings. The molecule has 6 aromatic heterocycles. The molecule has 0 aromatic carbocycles. The molecule has 28 nitrogen and oxygen atoms in total. The van der Waals surface area contributed by atoms with Gasteiger partial charge >= 0.3 is 24.9 Å². The molecule has 3 aliphatic heterocycles. The van der Waals surface area contributed by atoms with Crippen LogP contribution in [0.15, 0.2) is 121 Å². The summed E-state index contributed by atoms with van der Waals surface area (Å²) in [5.74, 6) is 0. The molecule has 3 aliphatic rings. The van der Waals surface area contributed by atoms with E-state index in [0.717, 1.165) is 32.3 Å². The Balaban J connectivity index is 0.956. The van der Waals surface area contributed by atoms with Gasteiger partial charge in [0.1, 0.15) is 54.9 Å². The number of rotatable bonds is 15. The second kappa shape index (κ2) is 20.2. The smallest absolute Gasteiger partial charge is 0.387 e. The first-order valence-electron chi connectivity index (χ1n) is 21.4. The number of pyridine rings is 3. The number of nitrogens with zero attached hydrogens (tertiary/aromatic N) is 6. The van der Waals surface area contributed by atoms with Gasteiger partial charge in [-0.1, -0.05) is 18.2 Å². The second-order valence-corrected chi connectivity index (χ2v) is 17.9. The fourth-order valence-electron chi connectivity index (χ4n) is 8.03. The Labute approximate surface area is 395 Å². The van der Waals surface area contributed by atoms with Gasteiger partial charge in [0.2, 0.25) is 0 Å². The van der Waals surface area contributed by atoms with Crippen molar-refractivity contribution in [3.05, 3.63) is 154 Å². The Morgan fingerprint density at radius 2 is 0.746 bits per heavy atom. The molecular weight excluding hydrogens is 965 g/mol. The molecule has 71 heavy (non-hydrogen) atoms. The zero-order chi connectivity index (χ0) is 50.3. The summed E-state index contributed by atoms with van der Waals surface area (Å²) in [6.45, 7) is -2.87. The molecule has 0 bridgehead atoms. The standard InChI is InChI=1S/C42H42N9O19P/c52-28-25(68-37(31(28)55)49-13-19(34(58)46-40(49)61)22-7-1-4-10-43-22)16-65-71(64,66-17-26-29(53)32(56)38(69-26)50-14-20(35(59)47-41(50)62)23-8-2-5-11-44-23)67-18-27-30(54)33(57)39(70-27)51-15-21(36(60)48-42(51)63)24-9-3-6-12-45-24/h1-15,25-33,37-39,52-57H,16-18H2,(H,46,58,61)(H,47,59,62)(H,48,60,63)/t25-,26-,27-,28-,29-,30-,31-,32-,33-,37-,38-,39-/m1/s1. The molecule has 0 spiro atoms. The van der Waals surface area contributed by atoms with Crippen molar-refractivity contribution in [2.45, 2.75) is 73.6 Å². The zero-order valence-electron chi connectivity index (χ0n) is 36.3. The van der Waals surface area contributed by atoms with Crippen molar-refractivity contribution in [1.82, 2.24) is 43.6 Å². The minimum Gasteiger partial charge on any atom is -0.387 e. The summed E-state index contributed by atoms with van der Waals surface area (Å²) in [7, 11) is -5.17. The monoisotopic (exact) mass is 1010 g/mol. The van der Waals surface area contributed by atoms with Gasteiger partial charge in [0.05, 0.1) is 53.6 Å². The summed E-state index contributed by atoms with van der Waals surface area (Å²) in [5, 5.41) is 66.5. The number of ether oxygens (including phenoxy) is 3. The van der Waals surface area contributed by atoms with E-state index >= 15 is 0 Å². The van der Waals surface area contributed by atoms with Crippen molar-refractivity contribution in [3.8, 4) is 33.8 Å². The Kier molecular flexibility index (Phi) is 14.0. The van der Waals surface area contributed by atoms with Gasteiger partial charge in [0.15, 0.2) is 18.7 Å². The second-order valence-electron chi connectivity index (χ2n) is 16.2. The molecule has 3 fully saturated rings. The van der Waals surface area contributed by atoms with Crippen molar-refractivity contribution < 1.29 is 63.0 Å². The largest absolute Gasteiger partial charge is 0.475 e. The van der Waals surface area contributed by atoms with Crippen LogP contribution in [0.3, 0.4) is 0 Å². The Bertz CT molecular complexity index is 2960. The zero-order valence-corrected chi connectivity index (χ0v) is 37.2. The number of hydrogen-bond acceptors (Lipinski definition) is 22. The molecule has 9 N–H and O–H groups in total. The predicted molar refractivity (Wildman–Crippen MR) is 237 cm³/mol. The van der Waals surface area contributed by atoms with E-state index in [9.17, 15) is 64.0 Å². The number of aromatic amines is 3. The summed E-state index contributed by atoms with van der Waals surface area (Å²) in [6.07, 6.45) is -13.9. The van der Waals surface area contributed by atoms with E-state index in [1.807, 2.05) is 0 Å². The highest BCUT2D eigenvalue weighted by Gasteiger charge is 2.50. The van der Waals surface area contributed by atoms with Gasteiger partial charge in [-0.15, -0.1) is 0 Å². The number of phosphoric ester groups is 1. The van der Waals surface area contributed by atoms with Crippen molar-refractivity contribution >= 4 is 7.82 Å². The number of aliphatic hydroxyl groups excluding tert-OH is 6. The number of hydrogen-bond donors (Lipinski definition) is 9. The average Bonchev–Trinajstić information content (AvgIpc) is 3.93. The van der Waals surface area contributed by atoms with Gasteiger partial charge in [0, 0.05) is 37.2 Å². The van der Waals surface area contributed by atoms with E-state index in [1.165, 1.54) is 36.8 Å². The first kappa shape index (κ1) is 49.2. The number of aliphatic hydroxyl groups is 6. The maximum Gasteiger partial charge on any atom is 0.475 e. The average molecular weight is 1010 g/mol. The van der Waals surface area contributed by atoms with Crippen LogP contribution in [0.25, 0.3) is 33.8 Å². The Morgan fingerprint density at radius 3 is 1.00 bits per heavy atom. The lowest BCUT2D eigenvalue weighted by atomic mass is 10.1. The van der Waals surface area contributed by atoms with E-state index in [2.05, 4.69) is 29.9 Å². The summed E-state index contributed by atoms with van der Waals surface area (Å²) >= 11 is 0. The van der Waals surface area contributed by atoms with Gasteiger partial charge in [-0.2, -0.15) is 0 Å². The van der Waals surface area contributed by atoms with E-state index < -0.39 is 135 Å². The first-order chi connectivity index (χ1) is 34.0. The van der Waals surface area contributed by atoms with Crippen LogP contribution in [-0.2, 0) is 32.3 Å². The van der Waals surface area contributed by atoms with Crippen LogP contribution in [-0.4, -0.2) is 149 Å². The predicted octanol–water partition coefficient (Wildman–Crippen LogP) is -3.16. The molecular formula is C42H42N9O19P. The summed E-state index contributed by atoms with van der Waals surface area (Å²) in [4.78, 5) is 95.7. The lowest BCUT2D eigenvalue weighted by molar-refractivity contribution is -0.0749. The fourth-order valence-corrected chi connectivity index (χ4v) is 9.24. The third-order valence-electron chi connectivity index (χ3n) is 11.8. The quantitative estimate of drug-likeness (QED) is 0.0458. The molecule has 374 valence electrons. The Hall–Kier alpha value is -6.76. The molecule has 0 saturated carbocycles. The van der Waals surface area contributed by atoms with Crippen molar-refractivity contribution in [2.24, 2.45) is 0 Å². The van der Waals surface area contributed by atoms with Gasteiger partial charge in [0.25, 0.3) is 16.7 Å². The molecule has 0 aliphatic carbocycles. The van der Waals surface area contributed by atoms with E-state index in [0.29, 0.717) is 0 Å². The topological polar surface area (TPSA) is 397 Å². The van der Waals surface area contributed by atoms with Crippen LogP contribution in [0, 0.1) is 0 Å². The van der Waals surface area contributed by atoms with Crippen molar-refractivity contribution in [3.63, 3.8) is 0 Å². The van der Waals surface area contributed by atoms with E-state index in [4.69, 9.17) is 27.8 Å². The maximum absolute atomic E-state index is 14.6. The molecule has 3 saturated heterocycles. The first-order valence-corrected chi connectivity index (χ1v) is 22.9. The number of H-pyrrole nitrogens is 3. The minimum atomic E-state index is -5.17. The lowest BCUT2D eigenvalue weighted by Gasteiger charge is -2.24. The molecule has 0 radical (unpaired) electrons. The highest BCUT2D eigenvalue weighted by atomic mass is 31.2. The number of phosphoric acid groups is 1. The molecule has 12 atom stereocenters. The third kappa shape index (κ3) is 9.84. The van der Waals surface area contributed by atoms with Gasteiger partial charge in [-0.3, -0.25) is 71.6 Å². The van der Waals surface area contributed by atoms with Gasteiger partial charge in [-0.25, -0.2) is 18.9 Å². The van der Waals surface area contributed by atoms with E-state index in [1.54, 1.807) is 36.4 Å². The summed E-state index contributed by atoms with van der Waals surface area (Å²) in [5.41, 5.74) is -5.48. The van der Waals surface area contributed by atoms with E-state index in [-0.39, 0.29) is 33.8 Å².